The molecule has 0 N–H and O–H groups in total. The number of methoxy groups -OCH3 is 2. The number of ether oxygens (including phenoxy) is 2. The normalized spacial score (nSPS) is 36.7. The standard InChI is InChI=1S/C20H29NO3/c1-20(2,3)11-14-12-21-7-6-13-8-18(23-4)19(24-5)9-15(13)16(21)10-17(14)22/h8-9,14,16H,6-7,10-12H2,1-5H3/t14-,16-/m0/s1/i4D3,6D2,7D2,12D2. The van der Waals surface area contributed by atoms with Crippen molar-refractivity contribution in [3.63, 3.8) is 0 Å². The van der Waals surface area contributed by atoms with Gasteiger partial charge in [-0.05, 0) is 41.5 Å². The lowest BCUT2D eigenvalue weighted by Gasteiger charge is -2.44. The number of carbonyl (C=O) groups is 1. The second-order valence-corrected chi connectivity index (χ2v) is 7.43. The van der Waals surface area contributed by atoms with Crippen LogP contribution in [0.1, 0.15) is 63.1 Å². The van der Waals surface area contributed by atoms with Crippen LogP contribution in [-0.4, -0.2) is 37.8 Å². The van der Waals surface area contributed by atoms with Crippen molar-refractivity contribution in [3.8, 4) is 11.5 Å². The Labute approximate surface area is 157 Å². The Hall–Kier alpha value is -1.55. The summed E-state index contributed by atoms with van der Waals surface area (Å²) in [5.41, 5.74) is -0.451. The van der Waals surface area contributed by atoms with Crippen LogP contribution in [0.2, 0.25) is 0 Å². The Bertz CT molecular complexity index is 953. The van der Waals surface area contributed by atoms with Gasteiger partial charge >= 0.3 is 0 Å². The minimum Gasteiger partial charge on any atom is -0.493 e. The molecule has 1 fully saturated rings. The number of fused-ring (bicyclic) bond motifs is 3. The van der Waals surface area contributed by atoms with Crippen LogP contribution in [0.5, 0.6) is 11.5 Å². The van der Waals surface area contributed by atoms with Crippen LogP contribution in [0.3, 0.4) is 0 Å². The van der Waals surface area contributed by atoms with Crippen molar-refractivity contribution < 1.29 is 26.6 Å². The molecule has 1 aromatic carbocycles. The summed E-state index contributed by atoms with van der Waals surface area (Å²) >= 11 is 0. The Morgan fingerprint density at radius 2 is 2.08 bits per heavy atom. The molecule has 0 aliphatic carbocycles. The van der Waals surface area contributed by atoms with Gasteiger partial charge in [0.25, 0.3) is 0 Å². The number of aryl methyl sites for hydroxylation is 1. The summed E-state index contributed by atoms with van der Waals surface area (Å²) in [5.74, 6) is -1.84. The summed E-state index contributed by atoms with van der Waals surface area (Å²) < 4.78 is 84.4. The van der Waals surface area contributed by atoms with Crippen LogP contribution in [0.25, 0.3) is 0 Å². The van der Waals surface area contributed by atoms with Crippen molar-refractivity contribution in [2.75, 3.05) is 27.1 Å². The first-order valence-corrected chi connectivity index (χ1v) is 7.97. The summed E-state index contributed by atoms with van der Waals surface area (Å²) in [4.78, 5) is 14.0. The Morgan fingerprint density at radius 3 is 2.75 bits per heavy atom. The molecule has 24 heavy (non-hydrogen) atoms. The number of benzene rings is 1. The minimum absolute atomic E-state index is 0.0343. The molecule has 4 nitrogen and oxygen atoms in total. The summed E-state index contributed by atoms with van der Waals surface area (Å²) in [6, 6.07) is 1.29. The van der Waals surface area contributed by atoms with E-state index in [2.05, 4.69) is 0 Å². The van der Waals surface area contributed by atoms with E-state index in [1.807, 2.05) is 20.8 Å². The lowest BCUT2D eigenvalue weighted by atomic mass is 9.76. The first-order chi connectivity index (χ1) is 14.7. The van der Waals surface area contributed by atoms with Gasteiger partial charge in [0.2, 0.25) is 0 Å². The van der Waals surface area contributed by atoms with Crippen LogP contribution in [0, 0.1) is 11.3 Å². The summed E-state index contributed by atoms with van der Waals surface area (Å²) in [6.45, 7) is 0.261. The van der Waals surface area contributed by atoms with Gasteiger partial charge in [-0.1, -0.05) is 20.8 Å². The van der Waals surface area contributed by atoms with E-state index in [9.17, 15) is 4.79 Å². The highest BCUT2D eigenvalue weighted by Gasteiger charge is 2.39. The fourth-order valence-corrected chi connectivity index (χ4v) is 3.20. The van der Waals surface area contributed by atoms with Crippen molar-refractivity contribution >= 4 is 5.78 Å². The van der Waals surface area contributed by atoms with Crippen molar-refractivity contribution in [1.29, 1.82) is 0 Å². The fraction of sp³-hybridized carbons (Fsp3) is 0.650. The number of nitrogens with zero attached hydrogens (tertiary/aromatic N) is 1. The van der Waals surface area contributed by atoms with Crippen molar-refractivity contribution in [2.45, 2.75) is 46.0 Å². The average molecular weight is 341 g/mol. The number of hydrogen-bond donors (Lipinski definition) is 0. The molecule has 2 aliphatic heterocycles. The second-order valence-electron chi connectivity index (χ2n) is 7.43. The van der Waals surface area contributed by atoms with E-state index >= 15 is 0 Å². The van der Waals surface area contributed by atoms with Crippen LogP contribution in [0.15, 0.2) is 12.1 Å². The molecule has 0 amide bonds. The number of carbonyl (C=O) groups excluding carboxylic acids is 1. The number of rotatable bonds is 3. The maximum Gasteiger partial charge on any atom is 0.161 e. The van der Waals surface area contributed by atoms with Gasteiger partial charge in [-0.3, -0.25) is 9.69 Å². The molecule has 4 heteroatoms. The van der Waals surface area contributed by atoms with Gasteiger partial charge in [0.15, 0.2) is 11.5 Å². The van der Waals surface area contributed by atoms with E-state index in [4.69, 9.17) is 21.8 Å². The topological polar surface area (TPSA) is 38.8 Å². The van der Waals surface area contributed by atoms with Gasteiger partial charge in [0.05, 0.1) is 18.3 Å². The third kappa shape index (κ3) is 3.30. The molecule has 2 aliphatic rings. The molecule has 2 heterocycles. The number of piperidine rings is 1. The van der Waals surface area contributed by atoms with Crippen LogP contribution >= 0.6 is 0 Å². The van der Waals surface area contributed by atoms with Gasteiger partial charge in [-0.15, -0.1) is 0 Å². The molecule has 1 saturated heterocycles. The van der Waals surface area contributed by atoms with E-state index < -0.39 is 43.8 Å². The van der Waals surface area contributed by atoms with E-state index in [1.165, 1.54) is 13.2 Å². The Morgan fingerprint density at radius 1 is 1.33 bits per heavy atom. The number of Topliss-reactive ketones (excluding diaryl/α,β-unsaturated/α-hetero) is 1. The predicted molar refractivity (Wildman–Crippen MR) is 94.8 cm³/mol. The van der Waals surface area contributed by atoms with E-state index in [0.717, 1.165) is 11.0 Å². The highest BCUT2D eigenvalue weighted by atomic mass is 16.5. The van der Waals surface area contributed by atoms with E-state index in [1.54, 1.807) is 0 Å². The molecule has 0 saturated carbocycles. The SMILES string of the molecule is [2H]C([2H])([2H])Oc1cc2c(cc1OC)[C@@H]1CC(=O)[C@@H](CC(C)(C)C)C([2H])([2H])N1C([2H])([2H])C2([2H])[2H]. The average Bonchev–Trinajstić information content (AvgIpc) is 2.60. The molecule has 132 valence electrons. The van der Waals surface area contributed by atoms with Gasteiger partial charge in [0, 0.05) is 39.6 Å². The third-order valence-electron chi connectivity index (χ3n) is 4.32. The first kappa shape index (κ1) is 9.23. The maximum absolute atomic E-state index is 13.1. The monoisotopic (exact) mass is 340 g/mol. The van der Waals surface area contributed by atoms with Crippen LogP contribution in [-0.2, 0) is 11.2 Å². The molecule has 0 unspecified atom stereocenters. The largest absolute Gasteiger partial charge is 0.493 e. The van der Waals surface area contributed by atoms with Gasteiger partial charge in [-0.2, -0.15) is 0 Å². The molecule has 3 rings (SSSR count). The van der Waals surface area contributed by atoms with Gasteiger partial charge < -0.3 is 9.47 Å². The molecule has 2 atom stereocenters. The zero-order valence-corrected chi connectivity index (χ0v) is 14.4. The quantitative estimate of drug-likeness (QED) is 0.842. The molecule has 0 spiro atoms. The van der Waals surface area contributed by atoms with Crippen molar-refractivity contribution in [3.05, 3.63) is 23.3 Å². The fourth-order valence-electron chi connectivity index (χ4n) is 3.20. The Kier molecular flexibility index (Phi) is 2.46. The number of hydrogen-bond acceptors (Lipinski definition) is 4. The second kappa shape index (κ2) is 6.40. The van der Waals surface area contributed by atoms with Crippen LogP contribution in [0.4, 0.5) is 0 Å². The highest BCUT2D eigenvalue weighted by Crippen LogP contribution is 2.43. The summed E-state index contributed by atoms with van der Waals surface area (Å²) in [6.07, 6.45) is -2.80. The van der Waals surface area contributed by atoms with Crippen LogP contribution < -0.4 is 9.47 Å². The maximum atomic E-state index is 13.1. The Balaban J connectivity index is 2.24. The van der Waals surface area contributed by atoms with Gasteiger partial charge in [0.1, 0.15) is 5.78 Å². The predicted octanol–water partition coefficient (Wildman–Crippen LogP) is 3.63. The van der Waals surface area contributed by atoms with Gasteiger partial charge in [-0.25, -0.2) is 0 Å². The molecular weight excluding hydrogens is 302 g/mol. The smallest absolute Gasteiger partial charge is 0.161 e. The highest BCUT2D eigenvalue weighted by molar-refractivity contribution is 5.83. The molecule has 0 bridgehead atoms. The van der Waals surface area contributed by atoms with Crippen molar-refractivity contribution in [1.82, 2.24) is 4.90 Å². The van der Waals surface area contributed by atoms with Crippen molar-refractivity contribution in [2.24, 2.45) is 11.3 Å². The zero-order chi connectivity index (χ0) is 25.4. The molecule has 0 radical (unpaired) electrons. The lowest BCUT2D eigenvalue weighted by Crippen LogP contribution is -2.47. The number of ketones is 1. The molecule has 1 aromatic rings. The lowest BCUT2D eigenvalue weighted by molar-refractivity contribution is -0.130. The third-order valence-corrected chi connectivity index (χ3v) is 4.32. The van der Waals surface area contributed by atoms with E-state index in [-0.39, 0.29) is 41.3 Å². The molecular formula is C20H29NO3. The molecule has 0 aromatic heterocycles. The zero-order valence-electron chi connectivity index (χ0n) is 23.4. The summed E-state index contributed by atoms with van der Waals surface area (Å²) in [5, 5.41) is 0. The first-order valence-electron chi connectivity index (χ1n) is 12.5. The van der Waals surface area contributed by atoms with E-state index in [0.29, 0.717) is 0 Å². The summed E-state index contributed by atoms with van der Waals surface area (Å²) in [7, 11) is -1.58. The minimum atomic E-state index is -2.85.